The quantitative estimate of drug-likeness (QED) is 0.761. The van der Waals surface area contributed by atoms with Crippen LogP contribution in [0.1, 0.15) is 11.1 Å². The number of hydrogen-bond acceptors (Lipinski definition) is 5. The summed E-state index contributed by atoms with van der Waals surface area (Å²) in [4.78, 5) is 26.4. The van der Waals surface area contributed by atoms with Crippen LogP contribution in [0.2, 0.25) is 0 Å². The van der Waals surface area contributed by atoms with Crippen LogP contribution in [-0.2, 0) is 11.3 Å². The van der Waals surface area contributed by atoms with Crippen molar-refractivity contribution in [1.29, 1.82) is 0 Å². The van der Waals surface area contributed by atoms with Crippen LogP contribution in [-0.4, -0.2) is 30.3 Å². The van der Waals surface area contributed by atoms with E-state index < -0.39 is 0 Å². The molecule has 0 bridgehead atoms. The third-order valence-electron chi connectivity index (χ3n) is 3.76. The molecule has 0 spiro atoms. The van der Waals surface area contributed by atoms with E-state index in [0.29, 0.717) is 16.4 Å². The largest absolute Gasteiger partial charge is 0.493 e. The Labute approximate surface area is 150 Å². The summed E-state index contributed by atoms with van der Waals surface area (Å²) in [6.45, 7) is 0.273. The van der Waals surface area contributed by atoms with Crippen LogP contribution in [0.25, 0.3) is 6.08 Å². The Kier molecular flexibility index (Phi) is 5.09. The molecule has 0 aromatic heterocycles. The van der Waals surface area contributed by atoms with E-state index in [-0.39, 0.29) is 17.7 Å². The summed E-state index contributed by atoms with van der Waals surface area (Å²) in [7, 11) is 3.11. The third kappa shape index (κ3) is 3.69. The van der Waals surface area contributed by atoms with E-state index in [9.17, 15) is 9.59 Å². The summed E-state index contributed by atoms with van der Waals surface area (Å²) < 4.78 is 10.5. The molecule has 3 rings (SSSR count). The van der Waals surface area contributed by atoms with Crippen molar-refractivity contribution >= 4 is 29.0 Å². The Balaban J connectivity index is 1.83. The van der Waals surface area contributed by atoms with Gasteiger partial charge in [0.2, 0.25) is 0 Å². The van der Waals surface area contributed by atoms with E-state index in [1.165, 1.54) is 4.90 Å². The van der Waals surface area contributed by atoms with Gasteiger partial charge in [-0.15, -0.1) is 0 Å². The van der Waals surface area contributed by atoms with E-state index >= 15 is 0 Å². The van der Waals surface area contributed by atoms with E-state index in [4.69, 9.17) is 9.47 Å². The molecule has 1 heterocycles. The zero-order valence-electron chi connectivity index (χ0n) is 13.9. The minimum absolute atomic E-state index is 0.263. The third-order valence-corrected chi connectivity index (χ3v) is 4.67. The molecule has 6 heteroatoms. The average Bonchev–Trinajstić information content (AvgIpc) is 2.90. The van der Waals surface area contributed by atoms with Crippen molar-refractivity contribution in [2.24, 2.45) is 0 Å². The molecule has 128 valence electrons. The lowest BCUT2D eigenvalue weighted by Crippen LogP contribution is -2.27. The van der Waals surface area contributed by atoms with Gasteiger partial charge in [0.25, 0.3) is 11.1 Å². The average molecular weight is 355 g/mol. The molecule has 0 atom stereocenters. The van der Waals surface area contributed by atoms with E-state index in [1.807, 2.05) is 36.4 Å². The molecule has 1 aliphatic rings. The second-order valence-corrected chi connectivity index (χ2v) is 6.36. The summed E-state index contributed by atoms with van der Waals surface area (Å²) >= 11 is 0.946. The van der Waals surface area contributed by atoms with Crippen LogP contribution in [0.3, 0.4) is 0 Å². The molecule has 0 unspecified atom stereocenters. The fraction of sp³-hybridized carbons (Fsp3) is 0.158. The highest BCUT2D eigenvalue weighted by Gasteiger charge is 2.34. The van der Waals surface area contributed by atoms with Crippen LogP contribution >= 0.6 is 11.8 Å². The standard InChI is InChI=1S/C19H17NO4S/c1-23-15-9-8-14(10-16(15)24-2)11-17-18(21)20(19(22)25-17)12-13-6-4-3-5-7-13/h3-11H,12H2,1-2H3/b17-11-. The zero-order chi connectivity index (χ0) is 17.8. The first-order valence-corrected chi connectivity index (χ1v) is 8.45. The molecule has 0 radical (unpaired) electrons. The fourth-order valence-corrected chi connectivity index (χ4v) is 3.33. The molecule has 0 saturated carbocycles. The van der Waals surface area contributed by atoms with Gasteiger partial charge in [0.1, 0.15) is 0 Å². The molecule has 0 N–H and O–H groups in total. The summed E-state index contributed by atoms with van der Waals surface area (Å²) in [5.41, 5.74) is 1.68. The maximum absolute atomic E-state index is 12.6. The Morgan fingerprint density at radius 3 is 2.40 bits per heavy atom. The maximum Gasteiger partial charge on any atom is 0.293 e. The number of carbonyl (C=O) groups excluding carboxylic acids is 2. The summed E-state index contributed by atoms with van der Waals surface area (Å²) in [5.74, 6) is 0.894. The second-order valence-electron chi connectivity index (χ2n) is 5.37. The number of imide groups is 1. The molecule has 25 heavy (non-hydrogen) atoms. The van der Waals surface area contributed by atoms with Gasteiger partial charge in [-0.1, -0.05) is 36.4 Å². The van der Waals surface area contributed by atoms with Gasteiger partial charge in [0.05, 0.1) is 25.7 Å². The smallest absolute Gasteiger partial charge is 0.293 e. The SMILES string of the molecule is COc1ccc(/C=C2\SC(=O)N(Cc3ccccc3)C2=O)cc1OC. The van der Waals surface area contributed by atoms with Crippen molar-refractivity contribution in [3.8, 4) is 11.5 Å². The predicted molar refractivity (Wildman–Crippen MR) is 97.5 cm³/mol. The highest BCUT2D eigenvalue weighted by atomic mass is 32.2. The molecule has 5 nitrogen and oxygen atoms in total. The number of nitrogens with zero attached hydrogens (tertiary/aromatic N) is 1. The van der Waals surface area contributed by atoms with Gasteiger partial charge < -0.3 is 9.47 Å². The molecule has 0 aliphatic carbocycles. The van der Waals surface area contributed by atoms with Gasteiger partial charge in [-0.3, -0.25) is 14.5 Å². The molecule has 1 saturated heterocycles. The minimum Gasteiger partial charge on any atom is -0.493 e. The predicted octanol–water partition coefficient (Wildman–Crippen LogP) is 3.94. The summed E-state index contributed by atoms with van der Waals surface area (Å²) in [6, 6.07) is 14.8. The number of rotatable bonds is 5. The lowest BCUT2D eigenvalue weighted by Gasteiger charge is -2.12. The van der Waals surface area contributed by atoms with E-state index in [2.05, 4.69) is 0 Å². The van der Waals surface area contributed by atoms with Crippen molar-refractivity contribution in [3.63, 3.8) is 0 Å². The normalized spacial score (nSPS) is 15.8. The summed E-state index contributed by atoms with van der Waals surface area (Å²) in [6.07, 6.45) is 1.69. The number of benzene rings is 2. The van der Waals surface area contributed by atoms with Crippen LogP contribution in [0.5, 0.6) is 11.5 Å². The van der Waals surface area contributed by atoms with Crippen molar-refractivity contribution in [2.45, 2.75) is 6.54 Å². The Morgan fingerprint density at radius 2 is 1.72 bits per heavy atom. The van der Waals surface area contributed by atoms with Gasteiger partial charge in [0, 0.05) is 0 Å². The van der Waals surface area contributed by atoms with Crippen LogP contribution in [0.15, 0.2) is 53.4 Å². The molecular weight excluding hydrogens is 338 g/mol. The Morgan fingerprint density at radius 1 is 1.00 bits per heavy atom. The van der Waals surface area contributed by atoms with E-state index in [0.717, 1.165) is 22.9 Å². The van der Waals surface area contributed by atoms with Gasteiger partial charge in [0.15, 0.2) is 11.5 Å². The van der Waals surface area contributed by atoms with Crippen LogP contribution in [0, 0.1) is 0 Å². The van der Waals surface area contributed by atoms with Crippen molar-refractivity contribution in [1.82, 2.24) is 4.90 Å². The Bertz CT molecular complexity index is 833. The zero-order valence-corrected chi connectivity index (χ0v) is 14.7. The number of ether oxygens (including phenoxy) is 2. The monoisotopic (exact) mass is 355 g/mol. The van der Waals surface area contributed by atoms with Crippen molar-refractivity contribution in [3.05, 3.63) is 64.6 Å². The molecule has 2 aromatic carbocycles. The number of thioether (sulfide) groups is 1. The van der Waals surface area contributed by atoms with Crippen molar-refractivity contribution < 1.29 is 19.1 Å². The number of hydrogen-bond donors (Lipinski definition) is 0. The topological polar surface area (TPSA) is 55.8 Å². The van der Waals surface area contributed by atoms with Gasteiger partial charge in [-0.05, 0) is 41.1 Å². The van der Waals surface area contributed by atoms with Gasteiger partial charge >= 0.3 is 0 Å². The van der Waals surface area contributed by atoms with E-state index in [1.54, 1.807) is 32.4 Å². The van der Waals surface area contributed by atoms with Crippen molar-refractivity contribution in [2.75, 3.05) is 14.2 Å². The Hall–Kier alpha value is -2.73. The second kappa shape index (κ2) is 7.44. The molecular formula is C19H17NO4S. The lowest BCUT2D eigenvalue weighted by molar-refractivity contribution is -0.123. The highest BCUT2D eigenvalue weighted by molar-refractivity contribution is 8.18. The van der Waals surface area contributed by atoms with Crippen LogP contribution in [0.4, 0.5) is 4.79 Å². The fourth-order valence-electron chi connectivity index (χ4n) is 2.50. The molecule has 2 aromatic rings. The molecule has 1 aliphatic heterocycles. The highest BCUT2D eigenvalue weighted by Crippen LogP contribution is 2.35. The first-order valence-electron chi connectivity index (χ1n) is 7.63. The first-order chi connectivity index (χ1) is 12.1. The van der Waals surface area contributed by atoms with Crippen LogP contribution < -0.4 is 9.47 Å². The lowest BCUT2D eigenvalue weighted by atomic mass is 10.1. The van der Waals surface area contributed by atoms with Gasteiger partial charge in [-0.2, -0.15) is 0 Å². The summed E-state index contributed by atoms with van der Waals surface area (Å²) in [5, 5.41) is -0.263. The number of methoxy groups -OCH3 is 2. The molecule has 1 fully saturated rings. The molecule has 2 amide bonds. The van der Waals surface area contributed by atoms with Gasteiger partial charge in [-0.25, -0.2) is 0 Å². The number of carbonyl (C=O) groups is 2. The minimum atomic E-state index is -0.284. The maximum atomic E-state index is 12.6. The number of amides is 2. The first kappa shape index (κ1) is 17.1.